The molecule has 0 radical (unpaired) electrons. The van der Waals surface area contributed by atoms with Crippen LogP contribution in [0.4, 0.5) is 0 Å². The predicted octanol–water partition coefficient (Wildman–Crippen LogP) is 1.97. The summed E-state index contributed by atoms with van der Waals surface area (Å²) in [6.45, 7) is 10.2. The molecule has 1 N–H and O–H groups in total. The normalized spacial score (nSPS) is 19.6. The molecule has 1 aliphatic heterocycles. The number of hydrogen-bond acceptors (Lipinski definition) is 3. The monoisotopic (exact) mass is 460 g/mol. The van der Waals surface area contributed by atoms with Crippen molar-refractivity contribution < 1.29 is 8.42 Å². The molecule has 0 aromatic heterocycles. The Morgan fingerprint density at radius 2 is 2.09 bits per heavy atom. The minimum Gasteiger partial charge on any atom is -0.357 e. The van der Waals surface area contributed by atoms with Crippen molar-refractivity contribution in [3.63, 3.8) is 0 Å². The maximum Gasteiger partial charge on any atom is 0.213 e. The van der Waals surface area contributed by atoms with Gasteiger partial charge in [0.2, 0.25) is 10.0 Å². The second kappa shape index (κ2) is 11.5. The summed E-state index contributed by atoms with van der Waals surface area (Å²) in [5.41, 5.74) is 0. The molecule has 1 saturated heterocycles. The Balaban J connectivity index is 0.00000484. The van der Waals surface area contributed by atoms with Gasteiger partial charge in [-0.25, -0.2) is 12.7 Å². The molecule has 1 atom stereocenters. The fraction of sp³-hybridized carbons (Fsp3) is 0.933. The number of guanidine groups is 1. The third-order valence-electron chi connectivity index (χ3n) is 4.02. The van der Waals surface area contributed by atoms with Gasteiger partial charge < -0.3 is 10.2 Å². The number of rotatable bonds is 7. The topological polar surface area (TPSA) is 65.0 Å². The third-order valence-corrected chi connectivity index (χ3v) is 5.89. The number of halogens is 1. The molecule has 1 heterocycles. The van der Waals surface area contributed by atoms with Gasteiger partial charge in [0.25, 0.3) is 0 Å². The van der Waals surface area contributed by atoms with E-state index >= 15 is 0 Å². The van der Waals surface area contributed by atoms with E-state index in [2.05, 4.69) is 29.1 Å². The quantitative estimate of drug-likeness (QED) is 0.273. The molecule has 0 aliphatic carbocycles. The summed E-state index contributed by atoms with van der Waals surface area (Å²) in [6.07, 6.45) is 3.24. The summed E-state index contributed by atoms with van der Waals surface area (Å²) in [4.78, 5) is 6.98. The van der Waals surface area contributed by atoms with Crippen LogP contribution >= 0.6 is 24.0 Å². The Bertz CT molecular complexity index is 456. The van der Waals surface area contributed by atoms with Gasteiger partial charge in [0.15, 0.2) is 5.96 Å². The maximum absolute atomic E-state index is 11.7. The van der Waals surface area contributed by atoms with Gasteiger partial charge in [0.1, 0.15) is 0 Å². The molecule has 1 unspecified atom stereocenters. The SMILES string of the molecule is CCNC(=NCCCN(C)S(=O)(=O)CC)N1CCCC(C)C1.I. The fourth-order valence-corrected chi connectivity index (χ4v) is 3.49. The molecule has 1 rings (SSSR count). The van der Waals surface area contributed by atoms with Crippen LogP contribution in [0.1, 0.15) is 40.0 Å². The molecule has 1 aliphatic rings. The molecule has 0 spiro atoms. The second-order valence-electron chi connectivity index (χ2n) is 6.00. The Kier molecular flexibility index (Phi) is 11.4. The van der Waals surface area contributed by atoms with Crippen LogP contribution < -0.4 is 5.32 Å². The Labute approximate surface area is 159 Å². The molecular formula is C15H33IN4O2S. The number of piperidine rings is 1. The van der Waals surface area contributed by atoms with Crippen LogP contribution in [0.3, 0.4) is 0 Å². The van der Waals surface area contributed by atoms with E-state index in [1.807, 2.05) is 0 Å². The minimum absolute atomic E-state index is 0. The van der Waals surface area contributed by atoms with Gasteiger partial charge in [-0.05, 0) is 39.0 Å². The Hall–Kier alpha value is -0.0900. The van der Waals surface area contributed by atoms with Crippen LogP contribution in [0.2, 0.25) is 0 Å². The first-order chi connectivity index (χ1) is 10.4. The van der Waals surface area contributed by atoms with E-state index < -0.39 is 10.0 Å². The Morgan fingerprint density at radius 3 is 2.65 bits per heavy atom. The van der Waals surface area contributed by atoms with Crippen molar-refractivity contribution in [2.24, 2.45) is 10.9 Å². The molecule has 0 aromatic carbocycles. The molecule has 1 fully saturated rings. The van der Waals surface area contributed by atoms with Crippen LogP contribution in [-0.4, -0.2) is 69.1 Å². The lowest BCUT2D eigenvalue weighted by Crippen LogP contribution is -2.46. The van der Waals surface area contributed by atoms with Crippen molar-refractivity contribution in [1.82, 2.24) is 14.5 Å². The molecule has 8 heteroatoms. The standard InChI is InChI=1S/C15H32N4O2S.HI/c1-5-16-15(19-12-7-9-14(3)13-19)17-10-8-11-18(4)22(20,21)6-2;/h14H,5-13H2,1-4H3,(H,16,17);1H. The van der Waals surface area contributed by atoms with Crippen LogP contribution in [0.5, 0.6) is 0 Å². The Morgan fingerprint density at radius 1 is 1.39 bits per heavy atom. The smallest absolute Gasteiger partial charge is 0.213 e. The minimum atomic E-state index is -3.08. The zero-order chi connectivity index (χ0) is 16.6. The highest BCUT2D eigenvalue weighted by Gasteiger charge is 2.19. The summed E-state index contributed by atoms with van der Waals surface area (Å²) in [5, 5.41) is 3.35. The number of hydrogen-bond donors (Lipinski definition) is 1. The molecule has 138 valence electrons. The number of sulfonamides is 1. The van der Waals surface area contributed by atoms with Crippen molar-refractivity contribution in [2.75, 3.05) is 45.5 Å². The van der Waals surface area contributed by atoms with Crippen molar-refractivity contribution >= 4 is 40.0 Å². The summed E-state index contributed by atoms with van der Waals surface area (Å²) in [6, 6.07) is 0. The second-order valence-corrected chi connectivity index (χ2v) is 8.37. The third kappa shape index (κ3) is 8.02. The summed E-state index contributed by atoms with van der Waals surface area (Å²) in [5.74, 6) is 1.83. The molecule has 0 amide bonds. The molecule has 23 heavy (non-hydrogen) atoms. The number of nitrogens with zero attached hydrogens (tertiary/aromatic N) is 3. The lowest BCUT2D eigenvalue weighted by Gasteiger charge is -2.33. The largest absolute Gasteiger partial charge is 0.357 e. The van der Waals surface area contributed by atoms with Gasteiger partial charge in [-0.3, -0.25) is 4.99 Å². The van der Waals surface area contributed by atoms with Crippen LogP contribution in [0.15, 0.2) is 4.99 Å². The van der Waals surface area contributed by atoms with Crippen LogP contribution in [0, 0.1) is 5.92 Å². The lowest BCUT2D eigenvalue weighted by molar-refractivity contribution is 0.266. The van der Waals surface area contributed by atoms with Crippen molar-refractivity contribution in [3.05, 3.63) is 0 Å². The fourth-order valence-electron chi connectivity index (χ4n) is 2.65. The van der Waals surface area contributed by atoms with E-state index in [0.717, 1.165) is 32.0 Å². The van der Waals surface area contributed by atoms with E-state index in [1.165, 1.54) is 17.1 Å². The van der Waals surface area contributed by atoms with Gasteiger partial charge in [-0.1, -0.05) is 6.92 Å². The van der Waals surface area contributed by atoms with E-state index in [1.54, 1.807) is 14.0 Å². The zero-order valence-electron chi connectivity index (χ0n) is 14.9. The first-order valence-corrected chi connectivity index (χ1v) is 9.98. The highest BCUT2D eigenvalue weighted by molar-refractivity contribution is 14.0. The van der Waals surface area contributed by atoms with Crippen molar-refractivity contribution in [1.29, 1.82) is 0 Å². The highest BCUT2D eigenvalue weighted by atomic mass is 127. The number of nitrogens with one attached hydrogen (secondary N) is 1. The first kappa shape index (κ1) is 22.9. The predicted molar refractivity (Wildman–Crippen MR) is 108 cm³/mol. The molecule has 0 aromatic rings. The summed E-state index contributed by atoms with van der Waals surface area (Å²) >= 11 is 0. The van der Waals surface area contributed by atoms with Gasteiger partial charge in [-0.15, -0.1) is 24.0 Å². The van der Waals surface area contributed by atoms with E-state index in [4.69, 9.17) is 0 Å². The van der Waals surface area contributed by atoms with Crippen molar-refractivity contribution in [2.45, 2.75) is 40.0 Å². The first-order valence-electron chi connectivity index (χ1n) is 8.38. The van der Waals surface area contributed by atoms with Crippen molar-refractivity contribution in [3.8, 4) is 0 Å². The molecule has 0 bridgehead atoms. The van der Waals surface area contributed by atoms with E-state index in [0.29, 0.717) is 19.0 Å². The van der Waals surface area contributed by atoms with Gasteiger partial charge in [0.05, 0.1) is 5.75 Å². The van der Waals surface area contributed by atoms with E-state index in [9.17, 15) is 8.42 Å². The van der Waals surface area contributed by atoms with E-state index in [-0.39, 0.29) is 29.7 Å². The van der Waals surface area contributed by atoms with Gasteiger partial charge in [0, 0.05) is 39.8 Å². The zero-order valence-corrected chi connectivity index (χ0v) is 18.1. The average Bonchev–Trinajstić information content (AvgIpc) is 2.50. The summed E-state index contributed by atoms with van der Waals surface area (Å²) < 4.78 is 24.8. The average molecular weight is 460 g/mol. The molecular weight excluding hydrogens is 427 g/mol. The lowest BCUT2D eigenvalue weighted by atomic mass is 10.0. The van der Waals surface area contributed by atoms with Crippen LogP contribution in [0.25, 0.3) is 0 Å². The number of likely N-dealkylation sites (tertiary alicyclic amines) is 1. The molecule has 6 nitrogen and oxygen atoms in total. The highest BCUT2D eigenvalue weighted by Crippen LogP contribution is 2.15. The summed E-state index contributed by atoms with van der Waals surface area (Å²) in [7, 11) is -1.44. The maximum atomic E-state index is 11.7. The molecule has 0 saturated carbocycles. The van der Waals surface area contributed by atoms with Gasteiger partial charge in [-0.2, -0.15) is 0 Å². The van der Waals surface area contributed by atoms with Crippen LogP contribution in [-0.2, 0) is 10.0 Å². The number of aliphatic imine (C=N–C) groups is 1. The van der Waals surface area contributed by atoms with Gasteiger partial charge >= 0.3 is 0 Å².